The Balaban J connectivity index is 2.26. The molecule has 104 valence electrons. The summed E-state index contributed by atoms with van der Waals surface area (Å²) in [7, 11) is 0. The van der Waals surface area contributed by atoms with Gasteiger partial charge >= 0.3 is 6.18 Å². The smallest absolute Gasteiger partial charge is 0.389 e. The molecule has 7 heteroatoms. The minimum absolute atomic E-state index is 0.0548. The molecule has 1 heterocycles. The highest BCUT2D eigenvalue weighted by molar-refractivity contribution is 4.83. The van der Waals surface area contributed by atoms with Crippen LogP contribution < -0.4 is 5.32 Å². The maximum atomic E-state index is 12.0. The van der Waals surface area contributed by atoms with Crippen molar-refractivity contribution in [1.82, 2.24) is 15.5 Å². The Morgan fingerprint density at radius 3 is 2.33 bits per heavy atom. The van der Waals surface area contributed by atoms with Gasteiger partial charge in [-0.05, 0) is 13.0 Å². The highest BCUT2D eigenvalue weighted by atomic mass is 19.4. The van der Waals surface area contributed by atoms with E-state index in [0.29, 0.717) is 18.4 Å². The molecular weight excluding hydrogens is 247 g/mol. The molecule has 0 aliphatic heterocycles. The monoisotopic (exact) mass is 265 g/mol. The fraction of sp³-hybridized carbons (Fsp3) is 0.818. The van der Waals surface area contributed by atoms with Crippen molar-refractivity contribution in [2.45, 2.75) is 51.7 Å². The summed E-state index contributed by atoms with van der Waals surface area (Å²) in [5.74, 6) is 0.455. The SMILES string of the molecule is CC(C)NCCCc1nnc(CCC(F)(F)F)o1. The highest BCUT2D eigenvalue weighted by Crippen LogP contribution is 2.21. The zero-order valence-corrected chi connectivity index (χ0v) is 10.5. The first-order valence-corrected chi connectivity index (χ1v) is 5.98. The van der Waals surface area contributed by atoms with Crippen LogP contribution in [0.25, 0.3) is 0 Å². The number of hydrogen-bond donors (Lipinski definition) is 1. The lowest BCUT2D eigenvalue weighted by Gasteiger charge is -2.05. The molecule has 0 aliphatic carbocycles. The third kappa shape index (κ3) is 6.58. The predicted molar refractivity (Wildman–Crippen MR) is 60.1 cm³/mol. The summed E-state index contributed by atoms with van der Waals surface area (Å²) < 4.78 is 41.1. The fourth-order valence-electron chi connectivity index (χ4n) is 1.37. The molecule has 0 amide bonds. The summed E-state index contributed by atoms with van der Waals surface area (Å²) in [6.45, 7) is 4.90. The predicted octanol–water partition coefficient (Wildman–Crippen LogP) is 2.50. The van der Waals surface area contributed by atoms with E-state index in [9.17, 15) is 13.2 Å². The number of halogens is 3. The average molecular weight is 265 g/mol. The van der Waals surface area contributed by atoms with Gasteiger partial charge in [0.2, 0.25) is 11.8 Å². The maximum absolute atomic E-state index is 12.0. The highest BCUT2D eigenvalue weighted by Gasteiger charge is 2.27. The topological polar surface area (TPSA) is 51.0 Å². The van der Waals surface area contributed by atoms with Gasteiger partial charge in [-0.15, -0.1) is 10.2 Å². The number of nitrogens with one attached hydrogen (secondary N) is 1. The molecule has 18 heavy (non-hydrogen) atoms. The average Bonchev–Trinajstić information content (AvgIpc) is 2.68. The molecule has 0 bridgehead atoms. The summed E-state index contributed by atoms with van der Waals surface area (Å²) in [4.78, 5) is 0. The van der Waals surface area contributed by atoms with Crippen LogP contribution in [0.4, 0.5) is 13.2 Å². The van der Waals surface area contributed by atoms with E-state index in [-0.39, 0.29) is 12.3 Å². The molecular formula is C11H18F3N3O. The Morgan fingerprint density at radius 1 is 1.17 bits per heavy atom. The summed E-state index contributed by atoms with van der Waals surface area (Å²) in [5.41, 5.74) is 0. The molecule has 1 N–H and O–H groups in total. The van der Waals surface area contributed by atoms with E-state index in [0.717, 1.165) is 13.0 Å². The summed E-state index contributed by atoms with van der Waals surface area (Å²) >= 11 is 0. The molecule has 0 atom stereocenters. The Hall–Kier alpha value is -1.11. The quantitative estimate of drug-likeness (QED) is 0.769. The molecule has 0 saturated heterocycles. The number of nitrogens with zero attached hydrogens (tertiary/aromatic N) is 2. The van der Waals surface area contributed by atoms with Crippen LogP contribution in [0.3, 0.4) is 0 Å². The number of hydrogen-bond acceptors (Lipinski definition) is 4. The standard InChI is InChI=1S/C11H18F3N3O/c1-8(2)15-7-3-4-9-16-17-10(18-9)5-6-11(12,13)14/h8,15H,3-7H2,1-2H3. The van der Waals surface area contributed by atoms with Crippen molar-refractivity contribution in [3.63, 3.8) is 0 Å². The van der Waals surface area contributed by atoms with Crippen molar-refractivity contribution in [2.75, 3.05) is 6.54 Å². The minimum atomic E-state index is -4.18. The van der Waals surface area contributed by atoms with Gasteiger partial charge in [-0.25, -0.2) is 0 Å². The third-order valence-electron chi connectivity index (χ3n) is 2.25. The van der Waals surface area contributed by atoms with Gasteiger partial charge in [0.15, 0.2) is 0 Å². The third-order valence-corrected chi connectivity index (χ3v) is 2.25. The molecule has 0 aromatic carbocycles. The van der Waals surface area contributed by atoms with Crippen LogP contribution in [-0.2, 0) is 12.8 Å². The van der Waals surface area contributed by atoms with E-state index in [4.69, 9.17) is 4.42 Å². The first-order chi connectivity index (χ1) is 8.37. The zero-order valence-electron chi connectivity index (χ0n) is 10.5. The molecule has 0 spiro atoms. The van der Waals surface area contributed by atoms with Crippen molar-refractivity contribution in [1.29, 1.82) is 0 Å². The number of aromatic nitrogens is 2. The van der Waals surface area contributed by atoms with Gasteiger partial charge in [-0.1, -0.05) is 13.8 Å². The molecule has 1 aromatic rings. The maximum Gasteiger partial charge on any atom is 0.389 e. The minimum Gasteiger partial charge on any atom is -0.425 e. The Bertz CT molecular complexity index is 350. The van der Waals surface area contributed by atoms with Gasteiger partial charge in [-0.3, -0.25) is 0 Å². The first kappa shape index (κ1) is 14.9. The van der Waals surface area contributed by atoms with Gasteiger partial charge in [0, 0.05) is 18.9 Å². The van der Waals surface area contributed by atoms with E-state index in [1.54, 1.807) is 0 Å². The number of alkyl halides is 3. The van der Waals surface area contributed by atoms with Crippen molar-refractivity contribution in [3.8, 4) is 0 Å². The lowest BCUT2D eigenvalue weighted by Crippen LogP contribution is -2.23. The van der Waals surface area contributed by atoms with Crippen molar-refractivity contribution in [3.05, 3.63) is 11.8 Å². The number of rotatable bonds is 7. The first-order valence-electron chi connectivity index (χ1n) is 5.98. The molecule has 0 aliphatic rings. The second-order valence-corrected chi connectivity index (χ2v) is 4.42. The van der Waals surface area contributed by atoms with Crippen LogP contribution in [-0.4, -0.2) is 29.0 Å². The largest absolute Gasteiger partial charge is 0.425 e. The van der Waals surface area contributed by atoms with Crippen LogP contribution in [0.15, 0.2) is 4.42 Å². The summed E-state index contributed by atoms with van der Waals surface area (Å²) in [6, 6.07) is 0.412. The van der Waals surface area contributed by atoms with Crippen LogP contribution in [0.1, 0.15) is 38.5 Å². The molecule has 0 saturated carbocycles. The van der Waals surface area contributed by atoms with Gasteiger partial charge in [0.05, 0.1) is 6.42 Å². The Kier molecular flexibility index (Phi) is 5.58. The molecule has 1 aromatic heterocycles. The molecule has 1 rings (SSSR count). The second kappa shape index (κ2) is 6.72. The van der Waals surface area contributed by atoms with E-state index in [1.807, 2.05) is 13.8 Å². The molecule has 0 radical (unpaired) electrons. The van der Waals surface area contributed by atoms with Crippen molar-refractivity contribution in [2.24, 2.45) is 0 Å². The van der Waals surface area contributed by atoms with Gasteiger partial charge < -0.3 is 9.73 Å². The van der Waals surface area contributed by atoms with Gasteiger partial charge in [-0.2, -0.15) is 13.2 Å². The molecule has 4 nitrogen and oxygen atoms in total. The van der Waals surface area contributed by atoms with E-state index in [1.165, 1.54) is 0 Å². The lowest BCUT2D eigenvalue weighted by molar-refractivity contribution is -0.134. The van der Waals surface area contributed by atoms with Crippen LogP contribution >= 0.6 is 0 Å². The van der Waals surface area contributed by atoms with Crippen molar-refractivity contribution >= 4 is 0 Å². The van der Waals surface area contributed by atoms with Gasteiger partial charge in [0.25, 0.3) is 0 Å². The van der Waals surface area contributed by atoms with E-state index >= 15 is 0 Å². The number of aryl methyl sites for hydroxylation is 2. The van der Waals surface area contributed by atoms with Crippen LogP contribution in [0.2, 0.25) is 0 Å². The summed E-state index contributed by atoms with van der Waals surface area (Å²) in [6.07, 6.45) is -3.96. The van der Waals surface area contributed by atoms with Crippen LogP contribution in [0, 0.1) is 0 Å². The molecule has 0 fully saturated rings. The fourth-order valence-corrected chi connectivity index (χ4v) is 1.37. The van der Waals surface area contributed by atoms with Gasteiger partial charge in [0.1, 0.15) is 0 Å². The molecule has 0 unspecified atom stereocenters. The van der Waals surface area contributed by atoms with E-state index in [2.05, 4.69) is 15.5 Å². The zero-order chi connectivity index (χ0) is 13.6. The van der Waals surface area contributed by atoms with Crippen molar-refractivity contribution < 1.29 is 17.6 Å². The Morgan fingerprint density at radius 2 is 1.78 bits per heavy atom. The van der Waals surface area contributed by atoms with Crippen LogP contribution in [0.5, 0.6) is 0 Å². The lowest BCUT2D eigenvalue weighted by atomic mass is 10.3. The summed E-state index contributed by atoms with van der Waals surface area (Å²) in [5, 5.41) is 10.5. The Labute approximate surface area is 104 Å². The van der Waals surface area contributed by atoms with E-state index < -0.39 is 12.6 Å². The normalized spacial score (nSPS) is 12.3. The second-order valence-electron chi connectivity index (χ2n) is 4.42.